The third-order valence-corrected chi connectivity index (χ3v) is 6.03. The number of carboxylic acids is 1. The molecule has 1 amide bonds. The number of amides is 1. The first-order valence-corrected chi connectivity index (χ1v) is 10.8. The predicted octanol–water partition coefficient (Wildman–Crippen LogP) is 3.14. The molecule has 0 aliphatic carbocycles. The fraction of sp³-hybridized carbons (Fsp3) is 0.762. The quantitative estimate of drug-likeness (QED) is 0.692. The van der Waals surface area contributed by atoms with Crippen LogP contribution < -0.4 is 0 Å². The summed E-state index contributed by atoms with van der Waals surface area (Å²) in [5.74, 6) is -1.35. The molecule has 1 N–H and O–H groups in total. The monoisotopic (exact) mass is 463 g/mol. The number of carbonyl (C=O) groups excluding carboxylic acids is 1. The van der Waals surface area contributed by atoms with Crippen molar-refractivity contribution in [1.29, 1.82) is 0 Å². The average Bonchev–Trinajstić information content (AvgIpc) is 3.05. The van der Waals surface area contributed by atoms with Crippen LogP contribution in [0.25, 0.3) is 0 Å². The molecule has 0 bridgehead atoms. The summed E-state index contributed by atoms with van der Waals surface area (Å²) in [5.41, 5.74) is 1.51. The van der Waals surface area contributed by atoms with Crippen LogP contribution in [0.15, 0.2) is 4.52 Å². The minimum Gasteiger partial charge on any atom is -0.475 e. The molecule has 1 spiro atoms. The number of aryl methyl sites for hydroxylation is 2. The Kier molecular flexibility index (Phi) is 8.69. The minimum atomic E-state index is -5.08. The van der Waals surface area contributed by atoms with Gasteiger partial charge < -0.3 is 19.3 Å². The summed E-state index contributed by atoms with van der Waals surface area (Å²) in [6.07, 6.45) is -1.09. The van der Waals surface area contributed by atoms with Crippen LogP contribution in [-0.4, -0.2) is 83.6 Å². The van der Waals surface area contributed by atoms with Gasteiger partial charge >= 0.3 is 12.1 Å². The van der Waals surface area contributed by atoms with Gasteiger partial charge in [-0.2, -0.15) is 13.2 Å². The number of nitrogens with zero attached hydrogens (tertiary/aromatic N) is 3. The SMILES string of the molecule is CCCc1onc(C)c1C(=O)N1CC2(CC(COCC)CCN2C)C1.O=C(O)C(F)(F)F. The van der Waals surface area contributed by atoms with Crippen molar-refractivity contribution in [1.82, 2.24) is 15.0 Å². The van der Waals surface area contributed by atoms with E-state index < -0.39 is 12.1 Å². The number of hydrogen-bond acceptors (Lipinski definition) is 6. The van der Waals surface area contributed by atoms with E-state index in [2.05, 4.69) is 24.0 Å². The highest BCUT2D eigenvalue weighted by Gasteiger charge is 2.51. The van der Waals surface area contributed by atoms with Gasteiger partial charge in [-0.05, 0) is 52.6 Å². The normalized spacial score (nSPS) is 20.5. The minimum absolute atomic E-state index is 0.0770. The molecule has 2 saturated heterocycles. The fourth-order valence-electron chi connectivity index (χ4n) is 4.26. The predicted molar refractivity (Wildman–Crippen MR) is 109 cm³/mol. The highest BCUT2D eigenvalue weighted by atomic mass is 19.4. The maximum atomic E-state index is 13.0. The average molecular weight is 463 g/mol. The number of rotatable bonds is 6. The van der Waals surface area contributed by atoms with Crippen LogP contribution in [0.1, 0.15) is 54.9 Å². The summed E-state index contributed by atoms with van der Waals surface area (Å²) >= 11 is 0. The van der Waals surface area contributed by atoms with E-state index in [1.165, 1.54) is 6.42 Å². The third kappa shape index (κ3) is 6.00. The zero-order valence-electron chi connectivity index (χ0n) is 19.0. The zero-order chi connectivity index (χ0) is 24.1. The second kappa shape index (κ2) is 10.7. The number of ether oxygens (including phenoxy) is 1. The Morgan fingerprint density at radius 3 is 2.47 bits per heavy atom. The number of hydrogen-bond donors (Lipinski definition) is 1. The highest BCUT2D eigenvalue weighted by molar-refractivity contribution is 5.97. The standard InChI is InChI=1S/C19H31N3O3.C2HF3O2/c1-5-7-16-17(14(3)20-25-16)18(23)22-12-19(13-22)10-15(11-24-6-2)8-9-21(19)4;3-2(4,5)1(6)7/h15H,5-13H2,1-4H3;(H,6,7). The van der Waals surface area contributed by atoms with Crippen molar-refractivity contribution in [3.8, 4) is 0 Å². The van der Waals surface area contributed by atoms with Gasteiger partial charge in [0.15, 0.2) is 0 Å². The van der Waals surface area contributed by atoms with Crippen molar-refractivity contribution in [2.45, 2.75) is 58.2 Å². The molecule has 1 aromatic heterocycles. The molecule has 2 aliphatic heterocycles. The Morgan fingerprint density at radius 2 is 1.94 bits per heavy atom. The molecule has 11 heteroatoms. The van der Waals surface area contributed by atoms with E-state index in [1.807, 2.05) is 18.7 Å². The lowest BCUT2D eigenvalue weighted by Gasteiger charge is -2.58. The first-order valence-electron chi connectivity index (χ1n) is 10.8. The molecule has 0 saturated carbocycles. The summed E-state index contributed by atoms with van der Waals surface area (Å²) < 4.78 is 42.7. The number of aromatic nitrogens is 1. The van der Waals surface area contributed by atoms with Gasteiger partial charge in [-0.25, -0.2) is 4.79 Å². The first kappa shape index (κ1) is 26.1. The molecular formula is C21H32F3N3O5. The molecule has 0 aromatic carbocycles. The Bertz CT molecular complexity index is 788. The molecule has 2 aliphatic rings. The zero-order valence-corrected chi connectivity index (χ0v) is 19.0. The third-order valence-electron chi connectivity index (χ3n) is 6.03. The van der Waals surface area contributed by atoms with Crippen LogP contribution in [0.3, 0.4) is 0 Å². The van der Waals surface area contributed by atoms with Crippen molar-refractivity contribution in [3.63, 3.8) is 0 Å². The smallest absolute Gasteiger partial charge is 0.475 e. The van der Waals surface area contributed by atoms with Gasteiger partial charge in [0.25, 0.3) is 5.91 Å². The number of aliphatic carboxylic acids is 1. The summed E-state index contributed by atoms with van der Waals surface area (Å²) in [7, 11) is 2.19. The van der Waals surface area contributed by atoms with Crippen LogP contribution in [0.2, 0.25) is 0 Å². The summed E-state index contributed by atoms with van der Waals surface area (Å²) in [6, 6.07) is 0. The summed E-state index contributed by atoms with van der Waals surface area (Å²) in [6.45, 7) is 10.3. The van der Waals surface area contributed by atoms with Crippen molar-refractivity contribution in [2.75, 3.05) is 39.9 Å². The van der Waals surface area contributed by atoms with E-state index >= 15 is 0 Å². The number of likely N-dealkylation sites (tertiary alicyclic amines) is 2. The number of halogens is 3. The molecule has 3 heterocycles. The maximum absolute atomic E-state index is 13.0. The Morgan fingerprint density at radius 1 is 1.31 bits per heavy atom. The Balaban J connectivity index is 0.000000451. The van der Waals surface area contributed by atoms with Crippen LogP contribution in [0, 0.1) is 12.8 Å². The molecular weight excluding hydrogens is 431 g/mol. The highest BCUT2D eigenvalue weighted by Crippen LogP contribution is 2.39. The number of carboxylic acid groups (broad SMARTS) is 1. The topological polar surface area (TPSA) is 96.1 Å². The number of alkyl halides is 3. The first-order chi connectivity index (χ1) is 14.9. The van der Waals surface area contributed by atoms with Crippen LogP contribution in [0.4, 0.5) is 13.2 Å². The summed E-state index contributed by atoms with van der Waals surface area (Å²) in [4.78, 5) is 26.3. The lowest BCUT2D eigenvalue weighted by atomic mass is 9.75. The van der Waals surface area contributed by atoms with Crippen LogP contribution >= 0.6 is 0 Å². The van der Waals surface area contributed by atoms with Crippen molar-refractivity contribution in [3.05, 3.63) is 17.0 Å². The molecule has 1 aromatic rings. The molecule has 32 heavy (non-hydrogen) atoms. The molecule has 1 atom stereocenters. The van der Waals surface area contributed by atoms with Crippen molar-refractivity contribution in [2.24, 2.45) is 5.92 Å². The van der Waals surface area contributed by atoms with E-state index in [9.17, 15) is 18.0 Å². The molecule has 3 rings (SSSR count). The Labute approximate surface area is 185 Å². The van der Waals surface area contributed by atoms with E-state index in [0.29, 0.717) is 17.2 Å². The van der Waals surface area contributed by atoms with E-state index in [0.717, 1.165) is 57.9 Å². The number of carbonyl (C=O) groups is 2. The molecule has 8 nitrogen and oxygen atoms in total. The van der Waals surface area contributed by atoms with Crippen molar-refractivity contribution < 1.29 is 37.1 Å². The van der Waals surface area contributed by atoms with Gasteiger partial charge in [0.2, 0.25) is 0 Å². The number of likely N-dealkylation sites (N-methyl/N-ethyl adjacent to an activating group) is 1. The van der Waals surface area contributed by atoms with E-state index in [4.69, 9.17) is 19.2 Å². The number of piperidine rings is 1. The van der Waals surface area contributed by atoms with Gasteiger partial charge in [-0.3, -0.25) is 9.69 Å². The van der Waals surface area contributed by atoms with Crippen LogP contribution in [-0.2, 0) is 16.0 Å². The van der Waals surface area contributed by atoms with Gasteiger partial charge in [0, 0.05) is 32.7 Å². The lowest BCUT2D eigenvalue weighted by molar-refractivity contribution is -0.192. The van der Waals surface area contributed by atoms with Gasteiger partial charge in [-0.15, -0.1) is 0 Å². The Hall–Kier alpha value is -2.14. The van der Waals surface area contributed by atoms with Crippen LogP contribution in [0.5, 0.6) is 0 Å². The second-order valence-corrected chi connectivity index (χ2v) is 8.44. The maximum Gasteiger partial charge on any atom is 0.490 e. The fourth-order valence-corrected chi connectivity index (χ4v) is 4.26. The van der Waals surface area contributed by atoms with Gasteiger partial charge in [0.1, 0.15) is 11.3 Å². The van der Waals surface area contributed by atoms with E-state index in [1.54, 1.807) is 0 Å². The molecule has 0 radical (unpaired) electrons. The van der Waals surface area contributed by atoms with Crippen molar-refractivity contribution >= 4 is 11.9 Å². The molecule has 182 valence electrons. The van der Waals surface area contributed by atoms with Gasteiger partial charge in [0.05, 0.1) is 11.2 Å². The largest absolute Gasteiger partial charge is 0.490 e. The lowest BCUT2D eigenvalue weighted by Crippen LogP contribution is -2.72. The molecule has 1 unspecified atom stereocenters. The van der Waals surface area contributed by atoms with E-state index in [-0.39, 0.29) is 11.4 Å². The molecule has 2 fully saturated rings. The summed E-state index contributed by atoms with van der Waals surface area (Å²) in [5, 5.41) is 11.1. The second-order valence-electron chi connectivity index (χ2n) is 8.44. The van der Waals surface area contributed by atoms with Gasteiger partial charge in [-0.1, -0.05) is 12.1 Å².